The molecule has 0 saturated heterocycles. The van der Waals surface area contributed by atoms with Crippen molar-refractivity contribution in [3.05, 3.63) is 59.4 Å². The van der Waals surface area contributed by atoms with Gasteiger partial charge < -0.3 is 15.0 Å². The van der Waals surface area contributed by atoms with Crippen molar-refractivity contribution in [3.8, 4) is 5.75 Å². The van der Waals surface area contributed by atoms with Crippen molar-refractivity contribution in [2.75, 3.05) is 19.0 Å². The Morgan fingerprint density at radius 3 is 2.69 bits per heavy atom. The average Bonchev–Trinajstić information content (AvgIpc) is 2.65. The first-order valence-electron chi connectivity index (χ1n) is 8.51. The molecule has 6 heteroatoms. The number of carbonyl (C=O) groups excluding carboxylic acids is 2. The molecular weight excluding hydrogens is 335 g/mol. The number of hydrogen-bond acceptors (Lipinski definition) is 3. The number of hydrogen-bond donors (Lipinski definition) is 1. The largest absolute Gasteiger partial charge is 0.484 e. The molecule has 1 atom stereocenters. The van der Waals surface area contributed by atoms with Crippen LogP contribution in [0.1, 0.15) is 30.5 Å². The second-order valence-electron chi connectivity index (χ2n) is 6.39. The van der Waals surface area contributed by atoms with Crippen molar-refractivity contribution < 1.29 is 18.7 Å². The van der Waals surface area contributed by atoms with Crippen LogP contribution in [0, 0.1) is 5.82 Å². The Bertz CT molecular complexity index is 820. The van der Waals surface area contributed by atoms with Crippen molar-refractivity contribution in [1.82, 2.24) is 4.90 Å². The normalized spacial score (nSPS) is 14.2. The molecule has 5 nitrogen and oxygen atoms in total. The van der Waals surface area contributed by atoms with E-state index in [4.69, 9.17) is 4.74 Å². The number of ether oxygens (including phenoxy) is 1. The predicted octanol–water partition coefficient (Wildman–Crippen LogP) is 3.31. The number of nitrogens with zero attached hydrogens (tertiary/aromatic N) is 1. The predicted molar refractivity (Wildman–Crippen MR) is 96.5 cm³/mol. The first-order valence-corrected chi connectivity index (χ1v) is 8.51. The number of aryl methyl sites for hydroxylation is 1. The third-order valence-electron chi connectivity index (χ3n) is 4.66. The number of benzene rings is 2. The number of halogens is 1. The summed E-state index contributed by atoms with van der Waals surface area (Å²) in [6.07, 6.45) is 1.11. The highest BCUT2D eigenvalue weighted by Gasteiger charge is 2.19. The van der Waals surface area contributed by atoms with Gasteiger partial charge in [0.15, 0.2) is 6.61 Å². The number of amides is 2. The van der Waals surface area contributed by atoms with Crippen LogP contribution < -0.4 is 10.1 Å². The van der Waals surface area contributed by atoms with Gasteiger partial charge in [-0.3, -0.25) is 9.59 Å². The summed E-state index contributed by atoms with van der Waals surface area (Å²) in [5.74, 6) is 0.128. The second kappa shape index (κ2) is 7.56. The van der Waals surface area contributed by atoms with Gasteiger partial charge in [-0.15, -0.1) is 0 Å². The summed E-state index contributed by atoms with van der Waals surface area (Å²) in [6.45, 7) is 1.79. The molecule has 2 aromatic carbocycles. The number of nitrogens with one attached hydrogen (secondary N) is 1. The van der Waals surface area contributed by atoms with E-state index >= 15 is 0 Å². The van der Waals surface area contributed by atoms with Gasteiger partial charge >= 0.3 is 0 Å². The van der Waals surface area contributed by atoms with Gasteiger partial charge in [0, 0.05) is 19.2 Å². The fourth-order valence-electron chi connectivity index (χ4n) is 2.88. The molecular formula is C20H21FN2O3. The topological polar surface area (TPSA) is 58.6 Å². The Kier molecular flexibility index (Phi) is 5.21. The van der Waals surface area contributed by atoms with Gasteiger partial charge in [0.1, 0.15) is 11.6 Å². The molecule has 0 unspecified atom stereocenters. The molecule has 2 amide bonds. The van der Waals surface area contributed by atoms with E-state index in [1.165, 1.54) is 12.1 Å². The second-order valence-corrected chi connectivity index (χ2v) is 6.39. The highest BCUT2D eigenvalue weighted by molar-refractivity contribution is 5.94. The van der Waals surface area contributed by atoms with E-state index in [1.54, 1.807) is 36.2 Å². The minimum absolute atomic E-state index is 0.0118. The molecule has 1 aliphatic heterocycles. The third kappa shape index (κ3) is 4.02. The number of rotatable bonds is 5. The van der Waals surface area contributed by atoms with Gasteiger partial charge in [0.25, 0.3) is 5.91 Å². The molecule has 0 bridgehead atoms. The van der Waals surface area contributed by atoms with E-state index in [1.807, 2.05) is 13.0 Å². The molecule has 0 spiro atoms. The van der Waals surface area contributed by atoms with Crippen molar-refractivity contribution in [2.45, 2.75) is 25.8 Å². The fourth-order valence-corrected chi connectivity index (χ4v) is 2.88. The number of carbonyl (C=O) groups is 2. The van der Waals surface area contributed by atoms with Crippen LogP contribution >= 0.6 is 0 Å². The lowest BCUT2D eigenvalue weighted by atomic mass is 10.0. The molecule has 26 heavy (non-hydrogen) atoms. The summed E-state index contributed by atoms with van der Waals surface area (Å²) in [5.41, 5.74) is 2.65. The van der Waals surface area contributed by atoms with E-state index in [0.717, 1.165) is 16.8 Å². The van der Waals surface area contributed by atoms with Gasteiger partial charge in [-0.1, -0.05) is 12.1 Å². The van der Waals surface area contributed by atoms with Crippen molar-refractivity contribution in [3.63, 3.8) is 0 Å². The summed E-state index contributed by atoms with van der Waals surface area (Å²) in [4.78, 5) is 25.4. The first-order chi connectivity index (χ1) is 12.4. The van der Waals surface area contributed by atoms with E-state index in [0.29, 0.717) is 18.6 Å². The molecule has 136 valence electrons. The lowest BCUT2D eigenvalue weighted by Gasteiger charge is -2.25. The van der Waals surface area contributed by atoms with Crippen molar-refractivity contribution in [1.29, 1.82) is 0 Å². The maximum absolute atomic E-state index is 13.0. The molecule has 1 N–H and O–H groups in total. The molecule has 1 aliphatic rings. The van der Waals surface area contributed by atoms with Gasteiger partial charge in [-0.2, -0.15) is 0 Å². The van der Waals surface area contributed by atoms with Crippen LogP contribution in [0.25, 0.3) is 0 Å². The van der Waals surface area contributed by atoms with E-state index in [9.17, 15) is 14.0 Å². The molecule has 0 fully saturated rings. The molecule has 1 heterocycles. The molecule has 3 rings (SSSR count). The van der Waals surface area contributed by atoms with E-state index in [-0.39, 0.29) is 30.3 Å². The summed E-state index contributed by atoms with van der Waals surface area (Å²) in [7, 11) is 1.70. The lowest BCUT2D eigenvalue weighted by Crippen LogP contribution is -2.33. The van der Waals surface area contributed by atoms with Crippen LogP contribution in [0.4, 0.5) is 10.1 Å². The number of likely N-dealkylation sites (N-methyl/N-ethyl adjacent to an activating group) is 1. The monoisotopic (exact) mass is 356 g/mol. The van der Waals surface area contributed by atoms with Crippen LogP contribution in [0.2, 0.25) is 0 Å². The molecule has 0 aliphatic carbocycles. The summed E-state index contributed by atoms with van der Waals surface area (Å²) >= 11 is 0. The maximum atomic E-state index is 13.0. The Morgan fingerprint density at radius 2 is 1.96 bits per heavy atom. The van der Waals surface area contributed by atoms with Crippen LogP contribution in [-0.4, -0.2) is 30.4 Å². The Balaban J connectivity index is 1.59. The van der Waals surface area contributed by atoms with Crippen LogP contribution in [0.5, 0.6) is 5.75 Å². The van der Waals surface area contributed by atoms with Crippen LogP contribution in [0.3, 0.4) is 0 Å². The number of fused-ring (bicyclic) bond motifs is 1. The molecule has 0 aromatic heterocycles. The average molecular weight is 356 g/mol. The fraction of sp³-hybridized carbons (Fsp3) is 0.300. The van der Waals surface area contributed by atoms with E-state index in [2.05, 4.69) is 5.32 Å². The quantitative estimate of drug-likeness (QED) is 0.894. The van der Waals surface area contributed by atoms with Crippen LogP contribution in [0.15, 0.2) is 42.5 Å². The molecule has 0 saturated carbocycles. The van der Waals surface area contributed by atoms with Gasteiger partial charge in [0.2, 0.25) is 5.91 Å². The van der Waals surface area contributed by atoms with Gasteiger partial charge in [-0.05, 0) is 54.8 Å². The SMILES string of the molecule is C[C@H](c1ccc(F)cc1)N(C)C(=O)COc1ccc2c(c1)CCC(=O)N2. The Hall–Kier alpha value is -2.89. The molecule has 2 aromatic rings. The lowest BCUT2D eigenvalue weighted by molar-refractivity contribution is -0.134. The minimum Gasteiger partial charge on any atom is -0.484 e. The standard InChI is InChI=1S/C20H21FN2O3/c1-13(14-3-6-16(21)7-4-14)23(2)20(25)12-26-17-8-9-18-15(11-17)5-10-19(24)22-18/h3-4,6-9,11,13H,5,10,12H2,1-2H3,(H,22,24)/t13-/m1/s1. The summed E-state index contributed by atoms with van der Waals surface area (Å²) < 4.78 is 18.7. The third-order valence-corrected chi connectivity index (χ3v) is 4.66. The zero-order chi connectivity index (χ0) is 18.7. The minimum atomic E-state index is -0.304. The summed E-state index contributed by atoms with van der Waals surface area (Å²) in [5, 5.41) is 2.81. The Labute approximate surface area is 151 Å². The zero-order valence-electron chi connectivity index (χ0n) is 14.8. The highest BCUT2D eigenvalue weighted by atomic mass is 19.1. The maximum Gasteiger partial charge on any atom is 0.260 e. The van der Waals surface area contributed by atoms with E-state index < -0.39 is 0 Å². The number of anilines is 1. The van der Waals surface area contributed by atoms with Crippen LogP contribution in [-0.2, 0) is 16.0 Å². The van der Waals surface area contributed by atoms with Crippen molar-refractivity contribution >= 4 is 17.5 Å². The first kappa shape index (κ1) is 17.9. The Morgan fingerprint density at radius 1 is 1.23 bits per heavy atom. The zero-order valence-corrected chi connectivity index (χ0v) is 14.8. The summed E-state index contributed by atoms with van der Waals surface area (Å²) in [6, 6.07) is 11.3. The van der Waals surface area contributed by atoms with Gasteiger partial charge in [0.05, 0.1) is 6.04 Å². The molecule has 0 radical (unpaired) electrons. The van der Waals surface area contributed by atoms with Crippen molar-refractivity contribution in [2.24, 2.45) is 0 Å². The van der Waals surface area contributed by atoms with Gasteiger partial charge in [-0.25, -0.2) is 4.39 Å². The smallest absolute Gasteiger partial charge is 0.260 e. The highest BCUT2D eigenvalue weighted by Crippen LogP contribution is 2.27.